The van der Waals surface area contributed by atoms with Gasteiger partial charge in [0.1, 0.15) is 5.82 Å². The summed E-state index contributed by atoms with van der Waals surface area (Å²) in [6.45, 7) is 9.43. The smallest absolute Gasteiger partial charge is 0.185 e. The highest BCUT2D eigenvalue weighted by atomic mass is 16.5. The van der Waals surface area contributed by atoms with Crippen molar-refractivity contribution in [2.75, 3.05) is 25.1 Å². The van der Waals surface area contributed by atoms with Crippen LogP contribution >= 0.6 is 0 Å². The van der Waals surface area contributed by atoms with E-state index < -0.39 is 0 Å². The fourth-order valence-electron chi connectivity index (χ4n) is 5.51. The van der Waals surface area contributed by atoms with Crippen LogP contribution in [0.5, 0.6) is 0 Å². The number of pyridine rings is 1. The zero-order valence-electron chi connectivity index (χ0n) is 20.3. The van der Waals surface area contributed by atoms with Crippen molar-refractivity contribution in [3.05, 3.63) is 29.7 Å². The van der Waals surface area contributed by atoms with Crippen molar-refractivity contribution in [3.63, 3.8) is 0 Å². The summed E-state index contributed by atoms with van der Waals surface area (Å²) in [5, 5.41) is 3.27. The molecule has 3 aliphatic rings. The third-order valence-corrected chi connectivity index (χ3v) is 7.26. The Bertz CT molecular complexity index is 829. The number of hydrogen-bond acceptors (Lipinski definition) is 6. The molecule has 2 heterocycles. The SMILES string of the molecule is CNCc1ccc(N=C/C=C(\N)OCCC(C2CC2)C2CC2)nc1N1CC(C)CC1(C)C. The van der Waals surface area contributed by atoms with E-state index in [0.717, 1.165) is 43.1 Å². The van der Waals surface area contributed by atoms with Crippen LogP contribution in [0, 0.1) is 23.7 Å². The van der Waals surface area contributed by atoms with Crippen molar-refractivity contribution in [2.45, 2.75) is 71.4 Å². The minimum atomic E-state index is 0.0915. The molecule has 0 aromatic carbocycles. The number of anilines is 1. The maximum Gasteiger partial charge on any atom is 0.185 e. The van der Waals surface area contributed by atoms with E-state index >= 15 is 0 Å². The molecule has 2 saturated carbocycles. The van der Waals surface area contributed by atoms with Crippen molar-refractivity contribution in [1.29, 1.82) is 0 Å². The van der Waals surface area contributed by atoms with Crippen LogP contribution in [-0.4, -0.2) is 36.9 Å². The number of rotatable bonds is 11. The van der Waals surface area contributed by atoms with Gasteiger partial charge in [-0.2, -0.15) is 0 Å². The Balaban J connectivity index is 1.37. The van der Waals surface area contributed by atoms with Gasteiger partial charge < -0.3 is 20.7 Å². The molecular formula is C26H41N5O. The number of nitrogens with one attached hydrogen (secondary N) is 1. The van der Waals surface area contributed by atoms with E-state index in [4.69, 9.17) is 15.5 Å². The van der Waals surface area contributed by atoms with E-state index in [2.05, 4.69) is 42.0 Å². The molecule has 176 valence electrons. The first kappa shape index (κ1) is 23.1. The topological polar surface area (TPSA) is 75.8 Å². The fourth-order valence-corrected chi connectivity index (χ4v) is 5.51. The standard InChI is InChI=1S/C26H41N5O/c1-18-15-26(2,3)31(17-18)25-21(16-28-4)9-10-24(30-25)29-13-11-23(27)32-14-12-22(19-5-6-19)20-7-8-20/h9-11,13,18-20,22,28H,5-8,12,14-17,27H2,1-4H3/b23-11+,29-13?. The Morgan fingerprint density at radius 2 is 2.03 bits per heavy atom. The average molecular weight is 440 g/mol. The van der Waals surface area contributed by atoms with Crippen molar-refractivity contribution < 1.29 is 4.74 Å². The third-order valence-electron chi connectivity index (χ3n) is 7.26. The average Bonchev–Trinajstić information content (AvgIpc) is 3.65. The summed E-state index contributed by atoms with van der Waals surface area (Å²) in [6.07, 6.45) is 11.4. The van der Waals surface area contributed by atoms with Crippen molar-refractivity contribution in [1.82, 2.24) is 10.3 Å². The Labute approximate surface area is 193 Å². The lowest BCUT2D eigenvalue weighted by Crippen LogP contribution is -2.39. The van der Waals surface area contributed by atoms with Crippen molar-refractivity contribution in [2.24, 2.45) is 34.4 Å². The molecule has 6 nitrogen and oxygen atoms in total. The van der Waals surface area contributed by atoms with Gasteiger partial charge in [-0.3, -0.25) is 0 Å². The van der Waals surface area contributed by atoms with Crippen LogP contribution in [0.25, 0.3) is 0 Å². The summed E-state index contributed by atoms with van der Waals surface area (Å²) >= 11 is 0. The van der Waals surface area contributed by atoms with Gasteiger partial charge in [0.25, 0.3) is 0 Å². The lowest BCUT2D eigenvalue weighted by molar-refractivity contribution is 0.175. The molecule has 1 aromatic rings. The maximum atomic E-state index is 6.06. The Hall–Kier alpha value is -2.08. The molecule has 32 heavy (non-hydrogen) atoms. The van der Waals surface area contributed by atoms with Crippen LogP contribution in [0.15, 0.2) is 29.1 Å². The number of allylic oxidation sites excluding steroid dienone is 1. The van der Waals surface area contributed by atoms with Crippen LogP contribution in [0.4, 0.5) is 11.6 Å². The van der Waals surface area contributed by atoms with Crippen molar-refractivity contribution in [3.8, 4) is 0 Å². The molecule has 1 atom stereocenters. The number of aliphatic imine (C=N–C) groups is 1. The van der Waals surface area contributed by atoms with E-state index in [-0.39, 0.29) is 5.54 Å². The number of nitrogens with zero attached hydrogens (tertiary/aromatic N) is 3. The molecule has 1 saturated heterocycles. The highest BCUT2D eigenvalue weighted by molar-refractivity contribution is 5.74. The summed E-state index contributed by atoms with van der Waals surface area (Å²) < 4.78 is 5.77. The predicted molar refractivity (Wildman–Crippen MR) is 132 cm³/mol. The summed E-state index contributed by atoms with van der Waals surface area (Å²) in [6, 6.07) is 4.10. The van der Waals surface area contributed by atoms with Gasteiger partial charge in [0, 0.05) is 36.5 Å². The van der Waals surface area contributed by atoms with Gasteiger partial charge in [0.2, 0.25) is 0 Å². The quantitative estimate of drug-likeness (QED) is 0.384. The molecule has 3 N–H and O–H groups in total. The minimum absolute atomic E-state index is 0.0915. The lowest BCUT2D eigenvalue weighted by Gasteiger charge is -2.34. The fraction of sp³-hybridized carbons (Fsp3) is 0.692. The second-order valence-electron chi connectivity index (χ2n) is 10.7. The number of nitrogens with two attached hydrogens (primary N) is 1. The molecule has 3 fully saturated rings. The van der Waals surface area contributed by atoms with Crippen LogP contribution < -0.4 is 16.0 Å². The first-order chi connectivity index (χ1) is 15.4. The summed E-state index contributed by atoms with van der Waals surface area (Å²) in [4.78, 5) is 11.9. The third kappa shape index (κ3) is 5.83. The monoisotopic (exact) mass is 439 g/mol. The van der Waals surface area contributed by atoms with E-state index in [0.29, 0.717) is 24.2 Å². The van der Waals surface area contributed by atoms with Gasteiger partial charge >= 0.3 is 0 Å². The molecule has 2 aliphatic carbocycles. The molecule has 0 bridgehead atoms. The minimum Gasteiger partial charge on any atom is -0.479 e. The first-order valence-electron chi connectivity index (χ1n) is 12.4. The van der Waals surface area contributed by atoms with Gasteiger partial charge in [0.05, 0.1) is 6.61 Å². The van der Waals surface area contributed by atoms with E-state index in [1.54, 1.807) is 12.3 Å². The second-order valence-corrected chi connectivity index (χ2v) is 10.7. The van der Waals surface area contributed by atoms with Crippen LogP contribution in [-0.2, 0) is 11.3 Å². The van der Waals surface area contributed by atoms with Gasteiger partial charge in [-0.15, -0.1) is 0 Å². The molecule has 0 amide bonds. The largest absolute Gasteiger partial charge is 0.479 e. The second kappa shape index (κ2) is 9.82. The van der Waals surface area contributed by atoms with Crippen LogP contribution in [0.3, 0.4) is 0 Å². The van der Waals surface area contributed by atoms with E-state index in [1.165, 1.54) is 37.7 Å². The molecule has 1 unspecified atom stereocenters. The summed E-state index contributed by atoms with van der Waals surface area (Å²) in [5.41, 5.74) is 7.36. The highest BCUT2D eigenvalue weighted by Gasteiger charge is 2.41. The molecule has 1 aliphatic heterocycles. The van der Waals surface area contributed by atoms with Crippen molar-refractivity contribution >= 4 is 17.9 Å². The molecule has 0 radical (unpaired) electrons. The predicted octanol–water partition coefficient (Wildman–Crippen LogP) is 4.77. The van der Waals surface area contributed by atoms with Crippen LogP contribution in [0.1, 0.15) is 64.9 Å². The highest BCUT2D eigenvalue weighted by Crippen LogP contribution is 2.50. The van der Waals surface area contributed by atoms with Gasteiger partial charge in [-0.1, -0.05) is 13.0 Å². The summed E-state index contributed by atoms with van der Waals surface area (Å²) in [5.74, 6) is 5.57. The molecular weight excluding hydrogens is 398 g/mol. The van der Waals surface area contributed by atoms with E-state index in [1.807, 2.05) is 13.1 Å². The zero-order valence-corrected chi connectivity index (χ0v) is 20.3. The van der Waals surface area contributed by atoms with E-state index in [9.17, 15) is 0 Å². The Morgan fingerprint density at radius 3 is 2.62 bits per heavy atom. The summed E-state index contributed by atoms with van der Waals surface area (Å²) in [7, 11) is 1.97. The number of hydrogen-bond donors (Lipinski definition) is 2. The molecule has 0 spiro atoms. The Morgan fingerprint density at radius 1 is 1.31 bits per heavy atom. The van der Waals surface area contributed by atoms with Gasteiger partial charge in [-0.25, -0.2) is 9.98 Å². The lowest BCUT2D eigenvalue weighted by atomic mass is 9.95. The first-order valence-corrected chi connectivity index (χ1v) is 12.4. The maximum absolute atomic E-state index is 6.06. The molecule has 1 aromatic heterocycles. The van der Waals surface area contributed by atoms with Crippen LogP contribution in [0.2, 0.25) is 0 Å². The normalized spacial score (nSPS) is 23.5. The zero-order chi connectivity index (χ0) is 22.7. The molecule has 4 rings (SSSR count). The molecule has 6 heteroatoms. The van der Waals surface area contributed by atoms with Gasteiger partial charge in [0.15, 0.2) is 11.7 Å². The number of aromatic nitrogens is 1. The number of ether oxygens (including phenoxy) is 1. The Kier molecular flexibility index (Phi) is 7.08. The van der Waals surface area contributed by atoms with Gasteiger partial charge in [-0.05, 0) is 89.2 Å².